The van der Waals surface area contributed by atoms with Gasteiger partial charge in [-0.25, -0.2) is 0 Å². The van der Waals surface area contributed by atoms with Crippen LogP contribution in [0.2, 0.25) is 5.02 Å². The van der Waals surface area contributed by atoms with E-state index < -0.39 is 12.1 Å². The average molecular weight is 412 g/mol. The first-order chi connectivity index (χ1) is 13.3. The van der Waals surface area contributed by atoms with Crippen molar-refractivity contribution in [2.45, 2.75) is 6.18 Å². The second-order valence-electron chi connectivity index (χ2n) is 6.26. The van der Waals surface area contributed by atoms with Gasteiger partial charge in [-0.2, -0.15) is 13.2 Å². The van der Waals surface area contributed by atoms with E-state index in [-0.39, 0.29) is 16.6 Å². The number of hydrogen-bond acceptors (Lipinski definition) is 3. The summed E-state index contributed by atoms with van der Waals surface area (Å²) < 4.78 is 37.8. The molecule has 1 N–H and O–H groups in total. The van der Waals surface area contributed by atoms with Crippen molar-refractivity contribution in [2.24, 2.45) is 0 Å². The molecule has 2 amide bonds. The van der Waals surface area contributed by atoms with Gasteiger partial charge in [0.05, 0.1) is 11.4 Å². The van der Waals surface area contributed by atoms with E-state index in [1.807, 2.05) is 16.3 Å². The second-order valence-corrected chi connectivity index (χ2v) is 6.70. The van der Waals surface area contributed by atoms with Gasteiger partial charge in [0, 0.05) is 36.8 Å². The van der Waals surface area contributed by atoms with Crippen LogP contribution in [0.25, 0.3) is 0 Å². The highest BCUT2D eigenvalue weighted by Crippen LogP contribution is 2.31. The molecule has 9 heteroatoms. The van der Waals surface area contributed by atoms with Crippen LogP contribution in [-0.2, 0) is 4.79 Å². The molecule has 1 fully saturated rings. The van der Waals surface area contributed by atoms with Crippen LogP contribution in [0.5, 0.6) is 0 Å². The molecular formula is C19H17ClF3N3O2. The number of anilines is 2. The fourth-order valence-electron chi connectivity index (χ4n) is 2.99. The fourth-order valence-corrected chi connectivity index (χ4v) is 3.16. The zero-order valence-corrected chi connectivity index (χ0v) is 15.4. The first kappa shape index (κ1) is 20.0. The molecule has 1 saturated heterocycles. The third-order valence-electron chi connectivity index (χ3n) is 4.39. The maximum absolute atomic E-state index is 12.6. The number of rotatable bonds is 3. The molecule has 1 aliphatic heterocycles. The smallest absolute Gasteiger partial charge is 0.366 e. The second kappa shape index (κ2) is 8.10. The van der Waals surface area contributed by atoms with Crippen LogP contribution in [0.3, 0.4) is 0 Å². The van der Waals surface area contributed by atoms with Crippen molar-refractivity contribution in [3.63, 3.8) is 0 Å². The van der Waals surface area contributed by atoms with Gasteiger partial charge < -0.3 is 15.1 Å². The lowest BCUT2D eigenvalue weighted by molar-refractivity contribution is -0.167. The minimum Gasteiger partial charge on any atom is -0.366 e. The van der Waals surface area contributed by atoms with Gasteiger partial charge in [-0.1, -0.05) is 29.8 Å². The van der Waals surface area contributed by atoms with Crippen molar-refractivity contribution in [3.8, 4) is 0 Å². The van der Waals surface area contributed by atoms with Crippen molar-refractivity contribution in [1.82, 2.24) is 4.90 Å². The molecule has 2 aromatic rings. The van der Waals surface area contributed by atoms with Crippen LogP contribution >= 0.6 is 11.6 Å². The molecule has 2 aromatic carbocycles. The Morgan fingerprint density at radius 3 is 2.21 bits per heavy atom. The molecule has 5 nitrogen and oxygen atoms in total. The number of nitrogens with zero attached hydrogens (tertiary/aromatic N) is 2. The molecule has 0 radical (unpaired) electrons. The van der Waals surface area contributed by atoms with E-state index in [9.17, 15) is 22.8 Å². The highest BCUT2D eigenvalue weighted by Gasteiger charge is 2.39. The number of piperazine rings is 1. The van der Waals surface area contributed by atoms with Crippen LogP contribution in [0.4, 0.5) is 24.5 Å². The Labute approximate surface area is 164 Å². The van der Waals surface area contributed by atoms with Gasteiger partial charge in [0.25, 0.3) is 5.91 Å². The van der Waals surface area contributed by atoms with Gasteiger partial charge in [0.1, 0.15) is 0 Å². The first-order valence-corrected chi connectivity index (χ1v) is 8.90. The largest absolute Gasteiger partial charge is 0.471 e. The lowest BCUT2D eigenvalue weighted by atomic mass is 10.1. The van der Waals surface area contributed by atoms with Gasteiger partial charge in [-0.15, -0.1) is 0 Å². The van der Waals surface area contributed by atoms with Crippen molar-refractivity contribution < 1.29 is 22.8 Å². The summed E-state index contributed by atoms with van der Waals surface area (Å²) in [6, 6.07) is 13.2. The zero-order valence-electron chi connectivity index (χ0n) is 14.7. The minimum absolute atomic E-state index is 0.0161. The summed E-state index contributed by atoms with van der Waals surface area (Å²) in [6.45, 7) is 1.64. The summed E-state index contributed by atoms with van der Waals surface area (Å²) in [5.41, 5.74) is 0.993. The van der Waals surface area contributed by atoms with E-state index in [0.717, 1.165) is 0 Å². The predicted molar refractivity (Wildman–Crippen MR) is 101 cm³/mol. The summed E-state index contributed by atoms with van der Waals surface area (Å²) in [6.07, 6.45) is -5.00. The van der Waals surface area contributed by atoms with E-state index in [0.29, 0.717) is 37.4 Å². The maximum atomic E-state index is 12.6. The van der Waals surface area contributed by atoms with Gasteiger partial charge in [0.15, 0.2) is 0 Å². The van der Waals surface area contributed by atoms with Crippen molar-refractivity contribution >= 4 is 34.8 Å². The summed E-state index contributed by atoms with van der Waals surface area (Å²) in [4.78, 5) is 27.4. The highest BCUT2D eigenvalue weighted by atomic mass is 35.5. The third kappa shape index (κ3) is 4.56. The molecule has 1 heterocycles. The summed E-state index contributed by atoms with van der Waals surface area (Å²) >= 11 is 5.88. The number of alkyl halides is 3. The summed E-state index contributed by atoms with van der Waals surface area (Å²) in [7, 11) is 0. The Balaban J connectivity index is 1.72. The highest BCUT2D eigenvalue weighted by molar-refractivity contribution is 6.31. The van der Waals surface area contributed by atoms with Crippen LogP contribution in [-0.4, -0.2) is 49.1 Å². The van der Waals surface area contributed by atoms with E-state index in [1.54, 1.807) is 41.3 Å². The van der Waals surface area contributed by atoms with E-state index in [4.69, 9.17) is 11.6 Å². The number of hydrogen-bond donors (Lipinski definition) is 1. The molecule has 148 valence electrons. The van der Waals surface area contributed by atoms with Gasteiger partial charge >= 0.3 is 12.1 Å². The number of carbonyl (C=O) groups is 2. The maximum Gasteiger partial charge on any atom is 0.471 e. The number of amides is 2. The van der Waals surface area contributed by atoms with Crippen LogP contribution < -0.4 is 10.2 Å². The Morgan fingerprint density at radius 1 is 0.964 bits per heavy atom. The Hall–Kier alpha value is -2.74. The number of nitrogens with one attached hydrogen (secondary N) is 1. The van der Waals surface area contributed by atoms with Crippen molar-refractivity contribution in [2.75, 3.05) is 36.4 Å². The molecule has 0 unspecified atom stereocenters. The molecule has 1 aliphatic rings. The number of carbonyl (C=O) groups excluding carboxylic acids is 2. The Bertz CT molecular complexity index is 866. The first-order valence-electron chi connectivity index (χ1n) is 8.53. The zero-order chi connectivity index (χ0) is 20.3. The quantitative estimate of drug-likeness (QED) is 0.835. The van der Waals surface area contributed by atoms with E-state index in [1.165, 1.54) is 6.07 Å². The number of benzene rings is 2. The normalized spacial score (nSPS) is 14.7. The fraction of sp³-hybridized carbons (Fsp3) is 0.263. The Kier molecular flexibility index (Phi) is 5.79. The molecule has 0 aliphatic carbocycles. The average Bonchev–Trinajstić information content (AvgIpc) is 2.68. The van der Waals surface area contributed by atoms with Gasteiger partial charge in [-0.05, 0) is 30.3 Å². The van der Waals surface area contributed by atoms with E-state index >= 15 is 0 Å². The Morgan fingerprint density at radius 2 is 1.61 bits per heavy atom. The molecule has 3 rings (SSSR count). The lowest BCUT2D eigenvalue weighted by Crippen LogP contribution is -2.49. The standard InChI is InChI=1S/C19H17ClF3N3O2/c20-14-6-7-16(15(12-14)24-18(28)19(21,22)23)25-8-10-26(11-9-25)17(27)13-4-2-1-3-5-13/h1-7,12H,8-11H2,(H,24,28). The monoisotopic (exact) mass is 411 g/mol. The molecule has 0 atom stereocenters. The van der Waals surface area contributed by atoms with Gasteiger partial charge in [0.2, 0.25) is 0 Å². The summed E-state index contributed by atoms with van der Waals surface area (Å²) in [5.74, 6) is -2.16. The third-order valence-corrected chi connectivity index (χ3v) is 4.63. The molecule has 0 saturated carbocycles. The van der Waals surface area contributed by atoms with Crippen molar-refractivity contribution in [3.05, 3.63) is 59.1 Å². The summed E-state index contributed by atoms with van der Waals surface area (Å²) in [5, 5.41) is 2.09. The minimum atomic E-state index is -5.00. The molecule has 0 bridgehead atoms. The van der Waals surface area contributed by atoms with Gasteiger partial charge in [-0.3, -0.25) is 9.59 Å². The molecule has 0 aromatic heterocycles. The van der Waals surface area contributed by atoms with E-state index in [2.05, 4.69) is 0 Å². The van der Waals surface area contributed by atoms with Crippen molar-refractivity contribution in [1.29, 1.82) is 0 Å². The molecule has 0 spiro atoms. The SMILES string of the molecule is O=C(c1ccccc1)N1CCN(c2ccc(Cl)cc2NC(=O)C(F)(F)F)CC1. The predicted octanol–water partition coefficient (Wildman–Crippen LogP) is 3.80. The molecule has 28 heavy (non-hydrogen) atoms. The number of halogens is 4. The van der Waals surface area contributed by atoms with Crippen LogP contribution in [0, 0.1) is 0 Å². The molecular weight excluding hydrogens is 395 g/mol. The van der Waals surface area contributed by atoms with Crippen LogP contribution in [0.1, 0.15) is 10.4 Å². The van der Waals surface area contributed by atoms with Crippen LogP contribution in [0.15, 0.2) is 48.5 Å². The lowest BCUT2D eigenvalue weighted by Gasteiger charge is -2.37. The topological polar surface area (TPSA) is 52.7 Å².